The maximum atomic E-state index is 6.03. The van der Waals surface area contributed by atoms with Crippen molar-refractivity contribution in [2.45, 2.75) is 136 Å². The second-order valence-corrected chi connectivity index (χ2v) is 8.72. The number of hydrogen-bond acceptors (Lipinski definition) is 3. The van der Waals surface area contributed by atoms with E-state index in [1.807, 2.05) is 0 Å². The number of nitrogens with two attached hydrogens (primary N) is 1. The van der Waals surface area contributed by atoms with E-state index in [1.165, 1.54) is 109 Å². The summed E-state index contributed by atoms with van der Waals surface area (Å²) in [6.45, 7) is 8.80. The molecule has 0 aromatic heterocycles. The molecule has 1 aliphatic heterocycles. The van der Waals surface area contributed by atoms with Gasteiger partial charge in [0.1, 0.15) is 0 Å². The van der Waals surface area contributed by atoms with Gasteiger partial charge in [-0.05, 0) is 13.3 Å². The van der Waals surface area contributed by atoms with Gasteiger partial charge in [0.25, 0.3) is 0 Å². The largest absolute Gasteiger partial charge is 0.358 e. The third kappa shape index (κ3) is 11.8. The van der Waals surface area contributed by atoms with Gasteiger partial charge in [0.15, 0.2) is 0 Å². The van der Waals surface area contributed by atoms with Crippen LogP contribution in [-0.2, 0) is 0 Å². The summed E-state index contributed by atoms with van der Waals surface area (Å²) < 4.78 is 0. The van der Waals surface area contributed by atoms with E-state index in [2.05, 4.69) is 25.7 Å². The first-order chi connectivity index (χ1) is 13.2. The Bertz CT molecular complexity index is 365. The van der Waals surface area contributed by atoms with E-state index in [4.69, 9.17) is 10.7 Å². The van der Waals surface area contributed by atoms with Gasteiger partial charge >= 0.3 is 0 Å². The van der Waals surface area contributed by atoms with Crippen LogP contribution in [0.2, 0.25) is 0 Å². The van der Waals surface area contributed by atoms with Gasteiger partial charge in [-0.2, -0.15) is 0 Å². The first kappa shape index (κ1) is 24.5. The quantitative estimate of drug-likeness (QED) is 0.269. The predicted octanol–water partition coefficient (Wildman–Crippen LogP) is 6.70. The molecule has 1 rings (SSSR count). The normalized spacial score (nSPS) is 18.1. The van der Waals surface area contributed by atoms with Gasteiger partial charge in [0.2, 0.25) is 0 Å². The summed E-state index contributed by atoms with van der Waals surface area (Å²) in [4.78, 5) is 7.28. The van der Waals surface area contributed by atoms with Crippen LogP contribution in [0.4, 0.5) is 0 Å². The fourth-order valence-electron chi connectivity index (χ4n) is 4.14. The van der Waals surface area contributed by atoms with Crippen LogP contribution in [0.15, 0.2) is 4.99 Å². The van der Waals surface area contributed by atoms with E-state index in [9.17, 15) is 0 Å². The topological polar surface area (TPSA) is 41.6 Å². The number of nitrogens with zero attached hydrogens (tertiary/aromatic N) is 2. The molecule has 1 aliphatic rings. The lowest BCUT2D eigenvalue weighted by atomic mass is 10.0. The first-order valence-electron chi connectivity index (χ1n) is 12.3. The van der Waals surface area contributed by atoms with Crippen LogP contribution in [0.5, 0.6) is 0 Å². The standard InChI is InChI=1S/C24H49N3/c1-4-6-7-8-9-10-11-12-13-14-15-16-17-18-19-20-27-21-23(22(3)25)26-24(27)5-2/h22-23H,4-21,25H2,1-3H3. The SMILES string of the molecule is CCCCCCCCCCCCCCCCCN1CC(C(C)N)N=C1CC. The maximum Gasteiger partial charge on any atom is 0.0991 e. The van der Waals surface area contributed by atoms with E-state index in [0.29, 0.717) is 6.04 Å². The summed E-state index contributed by atoms with van der Waals surface area (Å²) >= 11 is 0. The van der Waals surface area contributed by atoms with Crippen LogP contribution in [0.25, 0.3) is 0 Å². The van der Waals surface area contributed by atoms with Crippen molar-refractivity contribution < 1.29 is 0 Å². The highest BCUT2D eigenvalue weighted by molar-refractivity contribution is 5.83. The molecule has 160 valence electrons. The van der Waals surface area contributed by atoms with Crippen molar-refractivity contribution in [2.24, 2.45) is 10.7 Å². The fourth-order valence-corrected chi connectivity index (χ4v) is 4.14. The molecule has 0 radical (unpaired) electrons. The number of aliphatic imine (C=N–C) groups is 1. The molecule has 0 saturated heterocycles. The Morgan fingerprint density at radius 2 is 1.26 bits per heavy atom. The van der Waals surface area contributed by atoms with Crippen LogP contribution in [0, 0.1) is 0 Å². The molecule has 2 N–H and O–H groups in total. The molecule has 0 saturated carbocycles. The number of hydrogen-bond donors (Lipinski definition) is 1. The third-order valence-corrected chi connectivity index (χ3v) is 6.04. The van der Waals surface area contributed by atoms with Crippen molar-refractivity contribution in [1.82, 2.24) is 4.90 Å². The molecule has 0 amide bonds. The molecule has 27 heavy (non-hydrogen) atoms. The maximum absolute atomic E-state index is 6.03. The highest BCUT2D eigenvalue weighted by atomic mass is 15.3. The van der Waals surface area contributed by atoms with Crippen molar-refractivity contribution in [3.05, 3.63) is 0 Å². The lowest BCUT2D eigenvalue weighted by Gasteiger charge is -2.21. The molecule has 3 heteroatoms. The average molecular weight is 380 g/mol. The minimum Gasteiger partial charge on any atom is -0.358 e. The molecule has 2 atom stereocenters. The summed E-state index contributed by atoms with van der Waals surface area (Å²) in [7, 11) is 0. The van der Waals surface area contributed by atoms with Crippen LogP contribution >= 0.6 is 0 Å². The van der Waals surface area contributed by atoms with Crippen molar-refractivity contribution in [1.29, 1.82) is 0 Å². The molecule has 3 nitrogen and oxygen atoms in total. The Morgan fingerprint density at radius 1 is 0.815 bits per heavy atom. The molecule has 0 aromatic rings. The summed E-state index contributed by atoms with van der Waals surface area (Å²) in [5.74, 6) is 1.28. The van der Waals surface area contributed by atoms with Crippen molar-refractivity contribution in [3.8, 4) is 0 Å². The van der Waals surface area contributed by atoms with Gasteiger partial charge in [-0.3, -0.25) is 4.99 Å². The summed E-state index contributed by atoms with van der Waals surface area (Å²) in [5, 5.41) is 0. The first-order valence-corrected chi connectivity index (χ1v) is 12.3. The van der Waals surface area contributed by atoms with Gasteiger partial charge in [-0.1, -0.05) is 104 Å². The lowest BCUT2D eigenvalue weighted by Crippen LogP contribution is -2.36. The van der Waals surface area contributed by atoms with Crippen molar-refractivity contribution >= 4 is 5.84 Å². The molecular weight excluding hydrogens is 330 g/mol. The Morgan fingerprint density at radius 3 is 1.67 bits per heavy atom. The van der Waals surface area contributed by atoms with Gasteiger partial charge in [0, 0.05) is 25.6 Å². The minimum absolute atomic E-state index is 0.178. The summed E-state index contributed by atoms with van der Waals surface area (Å²) in [6.07, 6.45) is 22.5. The summed E-state index contributed by atoms with van der Waals surface area (Å²) in [6, 6.07) is 0.494. The predicted molar refractivity (Wildman–Crippen MR) is 122 cm³/mol. The minimum atomic E-state index is 0.178. The van der Waals surface area contributed by atoms with E-state index in [-0.39, 0.29) is 6.04 Å². The fraction of sp³-hybridized carbons (Fsp3) is 0.958. The van der Waals surface area contributed by atoms with E-state index in [1.54, 1.807) is 0 Å². The Hall–Kier alpha value is -0.570. The van der Waals surface area contributed by atoms with Gasteiger partial charge < -0.3 is 10.6 Å². The van der Waals surface area contributed by atoms with Crippen LogP contribution < -0.4 is 5.73 Å². The highest BCUT2D eigenvalue weighted by Gasteiger charge is 2.25. The zero-order chi connectivity index (χ0) is 19.7. The van der Waals surface area contributed by atoms with E-state index < -0.39 is 0 Å². The Kier molecular flexibility index (Phi) is 14.9. The third-order valence-electron chi connectivity index (χ3n) is 6.04. The molecule has 0 spiro atoms. The molecule has 0 bridgehead atoms. The lowest BCUT2D eigenvalue weighted by molar-refractivity contribution is 0.385. The van der Waals surface area contributed by atoms with Crippen LogP contribution in [0.3, 0.4) is 0 Å². The van der Waals surface area contributed by atoms with Crippen molar-refractivity contribution in [2.75, 3.05) is 13.1 Å². The Balaban J connectivity index is 1.85. The Labute approximate surface area is 170 Å². The smallest absolute Gasteiger partial charge is 0.0991 e. The molecular formula is C24H49N3. The zero-order valence-electron chi connectivity index (χ0n) is 18.9. The molecule has 0 aliphatic carbocycles. The number of unbranched alkanes of at least 4 members (excludes halogenated alkanes) is 14. The molecule has 0 aromatic carbocycles. The van der Waals surface area contributed by atoms with Crippen LogP contribution in [0.1, 0.15) is 124 Å². The summed E-state index contributed by atoms with van der Waals surface area (Å²) in [5.41, 5.74) is 6.03. The van der Waals surface area contributed by atoms with Gasteiger partial charge in [-0.25, -0.2) is 0 Å². The van der Waals surface area contributed by atoms with Crippen molar-refractivity contribution in [3.63, 3.8) is 0 Å². The molecule has 2 unspecified atom stereocenters. The van der Waals surface area contributed by atoms with Gasteiger partial charge in [-0.15, -0.1) is 0 Å². The average Bonchev–Trinajstić information content (AvgIpc) is 3.08. The molecule has 0 fully saturated rings. The highest BCUT2D eigenvalue weighted by Crippen LogP contribution is 2.16. The van der Waals surface area contributed by atoms with E-state index >= 15 is 0 Å². The second kappa shape index (κ2) is 16.4. The number of amidine groups is 1. The second-order valence-electron chi connectivity index (χ2n) is 8.72. The zero-order valence-corrected chi connectivity index (χ0v) is 18.9. The number of rotatable bonds is 18. The van der Waals surface area contributed by atoms with Gasteiger partial charge in [0.05, 0.1) is 11.9 Å². The molecule has 1 heterocycles. The monoisotopic (exact) mass is 379 g/mol. The van der Waals surface area contributed by atoms with E-state index in [0.717, 1.165) is 13.0 Å². The van der Waals surface area contributed by atoms with Crippen LogP contribution in [-0.4, -0.2) is 35.9 Å².